The second-order valence-electron chi connectivity index (χ2n) is 8.45. The molecule has 8 heteroatoms. The van der Waals surface area contributed by atoms with Crippen LogP contribution in [0.1, 0.15) is 27.1 Å². The van der Waals surface area contributed by atoms with Gasteiger partial charge in [-0.15, -0.1) is 0 Å². The molecule has 0 bridgehead atoms. The SMILES string of the molecule is O=C(CCN1C(=O)c2ccc(Br)cc2C1=O)Nc1ccccc1-c1nc2c(ccc3ccccc32)o1. The number of rotatable bonds is 5. The lowest BCUT2D eigenvalue weighted by atomic mass is 10.1. The minimum absolute atomic E-state index is 0.0210. The van der Waals surface area contributed by atoms with E-state index in [1.807, 2.05) is 48.5 Å². The molecule has 0 fully saturated rings. The van der Waals surface area contributed by atoms with Gasteiger partial charge in [0.05, 0.1) is 22.4 Å². The normalized spacial score (nSPS) is 13.0. The fourth-order valence-electron chi connectivity index (χ4n) is 4.45. The minimum Gasteiger partial charge on any atom is -0.436 e. The van der Waals surface area contributed by atoms with Crippen LogP contribution in [0.25, 0.3) is 33.3 Å². The molecule has 2 heterocycles. The number of aromatic nitrogens is 1. The lowest BCUT2D eigenvalue weighted by molar-refractivity contribution is -0.116. The Bertz CT molecular complexity index is 1710. The van der Waals surface area contributed by atoms with Gasteiger partial charge in [-0.25, -0.2) is 4.98 Å². The first-order chi connectivity index (χ1) is 17.5. The monoisotopic (exact) mass is 539 g/mol. The van der Waals surface area contributed by atoms with Crippen LogP contribution < -0.4 is 5.32 Å². The molecule has 1 aliphatic heterocycles. The number of hydrogen-bond donors (Lipinski definition) is 1. The molecule has 0 unspecified atom stereocenters. The molecule has 0 radical (unpaired) electrons. The lowest BCUT2D eigenvalue weighted by Gasteiger charge is -2.14. The molecule has 3 amide bonds. The van der Waals surface area contributed by atoms with Crippen molar-refractivity contribution in [3.05, 3.63) is 94.5 Å². The maximum atomic E-state index is 12.8. The summed E-state index contributed by atoms with van der Waals surface area (Å²) in [7, 11) is 0. The second kappa shape index (κ2) is 8.73. The Hall–Kier alpha value is -4.30. The summed E-state index contributed by atoms with van der Waals surface area (Å²) in [6.07, 6.45) is -0.0425. The van der Waals surface area contributed by atoms with E-state index in [0.717, 1.165) is 21.2 Å². The molecule has 1 aromatic heterocycles. The Labute approximate surface area is 213 Å². The Morgan fingerprint density at radius 1 is 0.889 bits per heavy atom. The van der Waals surface area contributed by atoms with E-state index in [2.05, 4.69) is 21.2 Å². The van der Waals surface area contributed by atoms with Crippen LogP contribution >= 0.6 is 15.9 Å². The van der Waals surface area contributed by atoms with Gasteiger partial charge in [-0.05, 0) is 41.8 Å². The van der Waals surface area contributed by atoms with Crippen LogP contribution in [0.2, 0.25) is 0 Å². The Morgan fingerprint density at radius 2 is 1.67 bits per heavy atom. The molecule has 4 aromatic carbocycles. The molecule has 0 saturated heterocycles. The van der Waals surface area contributed by atoms with Crippen LogP contribution in [0, 0.1) is 0 Å². The highest BCUT2D eigenvalue weighted by molar-refractivity contribution is 9.10. The number of imide groups is 1. The van der Waals surface area contributed by atoms with Gasteiger partial charge in [0, 0.05) is 22.8 Å². The molecular formula is C28H18BrN3O4. The van der Waals surface area contributed by atoms with Gasteiger partial charge in [0.2, 0.25) is 11.8 Å². The number of amides is 3. The van der Waals surface area contributed by atoms with Crippen LogP contribution in [0.3, 0.4) is 0 Å². The molecule has 0 aliphatic carbocycles. The van der Waals surface area contributed by atoms with Crippen molar-refractivity contribution in [2.75, 3.05) is 11.9 Å². The molecular weight excluding hydrogens is 522 g/mol. The predicted molar refractivity (Wildman–Crippen MR) is 140 cm³/mol. The largest absolute Gasteiger partial charge is 0.436 e. The van der Waals surface area contributed by atoms with Crippen molar-refractivity contribution >= 4 is 61.2 Å². The number of carbonyl (C=O) groups is 3. The van der Waals surface area contributed by atoms with Crippen molar-refractivity contribution in [1.29, 1.82) is 0 Å². The van der Waals surface area contributed by atoms with Crippen molar-refractivity contribution in [3.63, 3.8) is 0 Å². The number of para-hydroxylation sites is 1. The molecule has 0 atom stereocenters. The van der Waals surface area contributed by atoms with Crippen molar-refractivity contribution in [3.8, 4) is 11.5 Å². The Balaban J connectivity index is 1.22. The Kier molecular flexibility index (Phi) is 5.38. The Morgan fingerprint density at radius 3 is 2.56 bits per heavy atom. The first-order valence-corrected chi connectivity index (χ1v) is 12.1. The fraction of sp³-hybridized carbons (Fsp3) is 0.0714. The average Bonchev–Trinajstić information content (AvgIpc) is 3.42. The van der Waals surface area contributed by atoms with Gasteiger partial charge in [0.15, 0.2) is 5.58 Å². The molecule has 0 saturated carbocycles. The predicted octanol–water partition coefficient (Wildman–Crippen LogP) is 6.04. The number of anilines is 1. The van der Waals surface area contributed by atoms with Crippen LogP contribution in [0.4, 0.5) is 5.69 Å². The van der Waals surface area contributed by atoms with E-state index in [1.165, 1.54) is 0 Å². The van der Waals surface area contributed by atoms with E-state index in [1.54, 1.807) is 30.3 Å². The maximum Gasteiger partial charge on any atom is 0.261 e. The third kappa shape index (κ3) is 3.76. The van der Waals surface area contributed by atoms with Crippen molar-refractivity contribution in [2.24, 2.45) is 0 Å². The lowest BCUT2D eigenvalue weighted by Crippen LogP contribution is -2.32. The molecule has 1 N–H and O–H groups in total. The topological polar surface area (TPSA) is 92.5 Å². The first kappa shape index (κ1) is 22.2. The molecule has 0 spiro atoms. The summed E-state index contributed by atoms with van der Waals surface area (Å²) in [5.41, 5.74) is 3.26. The number of halogens is 1. The second-order valence-corrected chi connectivity index (χ2v) is 9.36. The van der Waals surface area contributed by atoms with Crippen LogP contribution in [-0.4, -0.2) is 34.2 Å². The van der Waals surface area contributed by atoms with Gasteiger partial charge in [-0.2, -0.15) is 0 Å². The van der Waals surface area contributed by atoms with Crippen molar-refractivity contribution in [2.45, 2.75) is 6.42 Å². The van der Waals surface area contributed by atoms with Crippen LogP contribution in [-0.2, 0) is 4.79 Å². The summed E-state index contributed by atoms with van der Waals surface area (Å²) in [5.74, 6) is -0.734. The van der Waals surface area contributed by atoms with Gasteiger partial charge in [0.1, 0.15) is 5.52 Å². The summed E-state index contributed by atoms with van der Waals surface area (Å²) in [5, 5.41) is 4.93. The fourth-order valence-corrected chi connectivity index (χ4v) is 4.81. The molecule has 36 heavy (non-hydrogen) atoms. The zero-order valence-electron chi connectivity index (χ0n) is 18.8. The van der Waals surface area contributed by atoms with E-state index in [9.17, 15) is 14.4 Å². The minimum atomic E-state index is -0.400. The molecule has 5 aromatic rings. The van der Waals surface area contributed by atoms with Gasteiger partial charge in [-0.3, -0.25) is 19.3 Å². The number of nitrogens with zero attached hydrogens (tertiary/aromatic N) is 2. The third-order valence-electron chi connectivity index (χ3n) is 6.21. The molecule has 176 valence electrons. The first-order valence-electron chi connectivity index (χ1n) is 11.3. The quantitative estimate of drug-likeness (QED) is 0.275. The van der Waals surface area contributed by atoms with Crippen molar-refractivity contribution < 1.29 is 18.8 Å². The number of fused-ring (bicyclic) bond motifs is 4. The van der Waals surface area contributed by atoms with Gasteiger partial charge in [-0.1, -0.05) is 58.4 Å². The number of nitrogens with one attached hydrogen (secondary N) is 1. The average molecular weight is 540 g/mol. The van der Waals surface area contributed by atoms with Gasteiger partial charge >= 0.3 is 0 Å². The molecule has 7 nitrogen and oxygen atoms in total. The number of carbonyl (C=O) groups excluding carboxylic acids is 3. The highest BCUT2D eigenvalue weighted by atomic mass is 79.9. The standard InChI is InChI=1S/C28H18BrN3O4/c29-17-10-11-19-21(15-17)28(35)32(27(19)34)14-13-24(33)30-22-8-4-3-7-20(22)26-31-25-18-6-2-1-5-16(18)9-12-23(25)36-26/h1-12,15H,13-14H2,(H,30,33). The highest BCUT2D eigenvalue weighted by Gasteiger charge is 2.35. The summed E-state index contributed by atoms with van der Waals surface area (Å²) in [6, 6.07) is 24.0. The third-order valence-corrected chi connectivity index (χ3v) is 6.70. The van der Waals surface area contributed by atoms with E-state index >= 15 is 0 Å². The van der Waals surface area contributed by atoms with Gasteiger partial charge in [0.25, 0.3) is 11.8 Å². The van der Waals surface area contributed by atoms with Gasteiger partial charge < -0.3 is 9.73 Å². The zero-order chi connectivity index (χ0) is 24.8. The summed E-state index contributed by atoms with van der Waals surface area (Å²) < 4.78 is 6.75. The number of oxazole rings is 1. The molecule has 1 aliphatic rings. The van der Waals surface area contributed by atoms with E-state index in [0.29, 0.717) is 38.3 Å². The van der Waals surface area contributed by atoms with Crippen LogP contribution in [0.15, 0.2) is 87.8 Å². The van der Waals surface area contributed by atoms with E-state index < -0.39 is 11.8 Å². The summed E-state index contributed by atoms with van der Waals surface area (Å²) in [6.45, 7) is -0.0210. The summed E-state index contributed by atoms with van der Waals surface area (Å²) in [4.78, 5) is 44.0. The van der Waals surface area contributed by atoms with E-state index in [-0.39, 0.29) is 18.9 Å². The molecule has 6 rings (SSSR count). The van der Waals surface area contributed by atoms with E-state index in [4.69, 9.17) is 9.40 Å². The number of benzene rings is 4. The number of hydrogen-bond acceptors (Lipinski definition) is 5. The summed E-state index contributed by atoms with van der Waals surface area (Å²) >= 11 is 3.32. The van der Waals surface area contributed by atoms with Crippen LogP contribution in [0.5, 0.6) is 0 Å². The smallest absolute Gasteiger partial charge is 0.261 e. The zero-order valence-corrected chi connectivity index (χ0v) is 20.4. The van der Waals surface area contributed by atoms with Crippen molar-refractivity contribution in [1.82, 2.24) is 9.88 Å². The highest BCUT2D eigenvalue weighted by Crippen LogP contribution is 2.33. The maximum absolute atomic E-state index is 12.8.